The van der Waals surface area contributed by atoms with E-state index >= 15 is 0 Å². The van der Waals surface area contributed by atoms with E-state index in [1.807, 2.05) is 0 Å². The normalized spacial score (nSPS) is 4.17. The molecule has 0 saturated heterocycles. The lowest BCUT2D eigenvalue weighted by molar-refractivity contribution is -0.302. The number of hydrogen-bond acceptors (Lipinski definition) is 2. The van der Waals surface area contributed by atoms with Crippen molar-refractivity contribution < 1.29 is 34.7 Å². The van der Waals surface area contributed by atoms with E-state index in [1.54, 1.807) is 0 Å². The van der Waals surface area contributed by atoms with E-state index in [9.17, 15) is 0 Å². The first-order valence-corrected chi connectivity index (χ1v) is 0.908. The average molecular weight is 130 g/mol. The van der Waals surface area contributed by atoms with Crippen LogP contribution in [-0.4, -0.2) is 5.97 Å². The molecule has 0 aliphatic carbocycles. The van der Waals surface area contributed by atoms with E-state index in [1.165, 1.54) is 0 Å². The SMILES string of the molecule is CC(=O)[O-].[Cl-].[Cl-]. The number of aliphatic carboxylic acids is 1. The Labute approximate surface area is 48.4 Å². The molecule has 0 amide bonds. The minimum absolute atomic E-state index is 0. The molecule has 0 saturated carbocycles. The van der Waals surface area contributed by atoms with Crippen LogP contribution in [0.3, 0.4) is 0 Å². The second kappa shape index (κ2) is 8.90. The number of carbonyl (C=O) groups excluding carboxylic acids is 1. The Balaban J connectivity index is -0.0000000450. The largest absolute Gasteiger partial charge is 1.00 e. The van der Waals surface area contributed by atoms with Gasteiger partial charge in [-0.15, -0.1) is 0 Å². The highest BCUT2D eigenvalue weighted by molar-refractivity contribution is 5.60. The zero-order chi connectivity index (χ0) is 3.58. The molecule has 40 valence electrons. The fraction of sp³-hybridized carbons (Fsp3) is 0.500. The maximum Gasteiger partial charge on any atom is 0.0383 e. The molecular weight excluding hydrogens is 127 g/mol. The maximum atomic E-state index is 8.89. The minimum Gasteiger partial charge on any atom is -1.00 e. The minimum atomic E-state index is -1.08. The molecule has 0 aromatic rings. The third-order valence-corrected chi connectivity index (χ3v) is 0. The quantitative estimate of drug-likeness (QED) is 0.327. The summed E-state index contributed by atoms with van der Waals surface area (Å²) in [5.41, 5.74) is 0. The number of carbonyl (C=O) groups is 1. The summed E-state index contributed by atoms with van der Waals surface area (Å²) in [6.45, 7) is 0.972. The Morgan fingerprint density at radius 1 is 1.50 bits per heavy atom. The van der Waals surface area contributed by atoms with Crippen LogP contribution < -0.4 is 29.9 Å². The van der Waals surface area contributed by atoms with E-state index in [0.29, 0.717) is 0 Å². The van der Waals surface area contributed by atoms with Gasteiger partial charge in [0.05, 0.1) is 0 Å². The fourth-order valence-electron chi connectivity index (χ4n) is 0. The third-order valence-electron chi connectivity index (χ3n) is 0. The highest BCUT2D eigenvalue weighted by Crippen LogP contribution is 1.31. The Bertz CT molecular complexity index is 32.5. The molecule has 0 heterocycles. The lowest BCUT2D eigenvalue weighted by Gasteiger charge is -1.77. The summed E-state index contributed by atoms with van der Waals surface area (Å²) in [6, 6.07) is 0. The predicted octanol–water partition coefficient (Wildman–Crippen LogP) is -7.24. The van der Waals surface area contributed by atoms with Gasteiger partial charge in [0.25, 0.3) is 0 Å². The first kappa shape index (κ1) is 16.6. The lowest BCUT2D eigenvalue weighted by Crippen LogP contribution is -3.00. The number of carboxylic acid groups (broad SMARTS) is 1. The van der Waals surface area contributed by atoms with Crippen LogP contribution in [0.5, 0.6) is 0 Å². The number of rotatable bonds is 0. The van der Waals surface area contributed by atoms with Crippen LogP contribution in [-0.2, 0) is 4.79 Å². The molecule has 0 rings (SSSR count). The van der Waals surface area contributed by atoms with Gasteiger partial charge in [-0.2, -0.15) is 0 Å². The molecule has 0 unspecified atom stereocenters. The van der Waals surface area contributed by atoms with Gasteiger partial charge in [-0.1, -0.05) is 0 Å². The zero-order valence-corrected chi connectivity index (χ0v) is 4.58. The second-order valence-corrected chi connectivity index (χ2v) is 0.492. The van der Waals surface area contributed by atoms with E-state index in [0.717, 1.165) is 6.92 Å². The van der Waals surface area contributed by atoms with Crippen molar-refractivity contribution in [1.82, 2.24) is 0 Å². The van der Waals surface area contributed by atoms with Crippen LogP contribution in [0.4, 0.5) is 0 Å². The molecule has 4 heteroatoms. The summed E-state index contributed by atoms with van der Waals surface area (Å²) in [5, 5.41) is 8.89. The van der Waals surface area contributed by atoms with Crippen LogP contribution in [0, 0.1) is 0 Å². The van der Waals surface area contributed by atoms with Gasteiger partial charge in [-0.3, -0.25) is 0 Å². The summed E-state index contributed by atoms with van der Waals surface area (Å²) in [7, 11) is 0. The first-order valence-electron chi connectivity index (χ1n) is 0.908. The van der Waals surface area contributed by atoms with E-state index in [-0.39, 0.29) is 24.8 Å². The van der Waals surface area contributed by atoms with Crippen molar-refractivity contribution >= 4 is 5.97 Å². The van der Waals surface area contributed by atoms with Crippen LogP contribution in [0.15, 0.2) is 0 Å². The van der Waals surface area contributed by atoms with Crippen molar-refractivity contribution in [3.05, 3.63) is 0 Å². The van der Waals surface area contributed by atoms with Crippen molar-refractivity contribution in [1.29, 1.82) is 0 Å². The van der Waals surface area contributed by atoms with Gasteiger partial charge in [0, 0.05) is 5.97 Å². The van der Waals surface area contributed by atoms with Crippen LogP contribution in [0.25, 0.3) is 0 Å². The molecule has 0 atom stereocenters. The van der Waals surface area contributed by atoms with Gasteiger partial charge < -0.3 is 34.7 Å². The molecule has 0 fully saturated rings. The molecule has 0 aliphatic rings. The van der Waals surface area contributed by atoms with Crippen LogP contribution >= 0.6 is 0 Å². The van der Waals surface area contributed by atoms with Gasteiger partial charge in [0.1, 0.15) is 0 Å². The molecule has 0 N–H and O–H groups in total. The topological polar surface area (TPSA) is 40.1 Å². The van der Waals surface area contributed by atoms with E-state index < -0.39 is 5.97 Å². The molecular formula is C2H3Cl2O2-3. The standard InChI is InChI=1S/C2H4O2.2ClH/c1-2(3)4;;/h1H3,(H,3,4);2*1H/p-3. The Hall–Kier alpha value is 0.0500. The zero-order valence-electron chi connectivity index (χ0n) is 3.07. The number of carboxylic acids is 1. The van der Waals surface area contributed by atoms with Gasteiger partial charge in [0.2, 0.25) is 0 Å². The summed E-state index contributed by atoms with van der Waals surface area (Å²) >= 11 is 0. The highest BCUT2D eigenvalue weighted by atomic mass is 35.5. The Morgan fingerprint density at radius 2 is 1.50 bits per heavy atom. The summed E-state index contributed by atoms with van der Waals surface area (Å²) < 4.78 is 0. The summed E-state index contributed by atoms with van der Waals surface area (Å²) in [4.78, 5) is 8.89. The van der Waals surface area contributed by atoms with Gasteiger partial charge >= 0.3 is 0 Å². The van der Waals surface area contributed by atoms with Crippen LogP contribution in [0.2, 0.25) is 0 Å². The van der Waals surface area contributed by atoms with Crippen molar-refractivity contribution in [2.45, 2.75) is 6.92 Å². The molecule has 0 aliphatic heterocycles. The molecule has 0 bridgehead atoms. The Kier molecular flexibility index (Phi) is 24.6. The van der Waals surface area contributed by atoms with E-state index in [4.69, 9.17) is 9.90 Å². The molecule has 0 radical (unpaired) electrons. The van der Waals surface area contributed by atoms with E-state index in [2.05, 4.69) is 0 Å². The summed E-state index contributed by atoms with van der Waals surface area (Å²) in [5.74, 6) is -1.08. The smallest absolute Gasteiger partial charge is 0.0383 e. The predicted molar refractivity (Wildman–Crippen MR) is 10.7 cm³/mol. The number of hydrogen-bond donors (Lipinski definition) is 0. The fourth-order valence-corrected chi connectivity index (χ4v) is 0. The van der Waals surface area contributed by atoms with Crippen molar-refractivity contribution in [2.24, 2.45) is 0 Å². The molecule has 2 nitrogen and oxygen atoms in total. The molecule has 0 aromatic heterocycles. The van der Waals surface area contributed by atoms with Crippen molar-refractivity contribution in [3.8, 4) is 0 Å². The van der Waals surface area contributed by atoms with Gasteiger partial charge in [-0.25, -0.2) is 0 Å². The Morgan fingerprint density at radius 3 is 1.50 bits per heavy atom. The van der Waals surface area contributed by atoms with Crippen LogP contribution in [0.1, 0.15) is 6.92 Å². The lowest BCUT2D eigenvalue weighted by atomic mass is 10.9. The second-order valence-electron chi connectivity index (χ2n) is 0.492. The van der Waals surface area contributed by atoms with Gasteiger partial charge in [-0.05, 0) is 6.92 Å². The van der Waals surface area contributed by atoms with Crippen molar-refractivity contribution in [2.75, 3.05) is 0 Å². The molecule has 0 aromatic carbocycles. The maximum absolute atomic E-state index is 8.89. The first-order chi connectivity index (χ1) is 1.73. The number of halogens is 2. The monoisotopic (exact) mass is 129 g/mol. The average Bonchev–Trinajstić information content (AvgIpc) is 0.811. The summed E-state index contributed by atoms with van der Waals surface area (Å²) in [6.07, 6.45) is 0. The van der Waals surface area contributed by atoms with Crippen molar-refractivity contribution in [3.63, 3.8) is 0 Å². The van der Waals surface area contributed by atoms with Gasteiger partial charge in [0.15, 0.2) is 0 Å². The highest BCUT2D eigenvalue weighted by Gasteiger charge is 1.46. The molecule has 6 heavy (non-hydrogen) atoms. The molecule has 0 spiro atoms. The third kappa shape index (κ3) is 15100.